The van der Waals surface area contributed by atoms with E-state index >= 15 is 0 Å². The first kappa shape index (κ1) is 40.9. The molecule has 2 fully saturated rings. The van der Waals surface area contributed by atoms with E-state index in [0.717, 1.165) is 68.9 Å². The SMILES string of the molecule is CCC(O)(CC)CCCO[C@H](C)[C@H]1CC[C@H]2C(O)(c3ccc(CO[Si](C)(C)C(C)(C)C)c(CO[Si](C)(C)C(C)(C)C)c3)CCC[C@]12C. The predicted octanol–water partition coefficient (Wildman–Crippen LogP) is 10.9. The topological polar surface area (TPSA) is 68.2 Å². The first-order valence-electron chi connectivity index (χ1n) is 18.9. The molecular formula is C40H74O5Si2. The monoisotopic (exact) mass is 691 g/mol. The van der Waals surface area contributed by atoms with Gasteiger partial charge in [0, 0.05) is 6.61 Å². The fourth-order valence-corrected chi connectivity index (χ4v) is 9.85. The Bertz CT molecular complexity index is 1160. The van der Waals surface area contributed by atoms with Crippen LogP contribution in [0, 0.1) is 17.3 Å². The van der Waals surface area contributed by atoms with E-state index in [1.807, 2.05) is 0 Å². The fourth-order valence-electron chi connectivity index (χ4n) is 7.95. The average molecular weight is 691 g/mol. The molecule has 0 radical (unpaired) electrons. The molecular weight excluding hydrogens is 617 g/mol. The quantitative estimate of drug-likeness (QED) is 0.142. The van der Waals surface area contributed by atoms with Crippen molar-refractivity contribution in [2.24, 2.45) is 17.3 Å². The minimum absolute atomic E-state index is 0.0158. The van der Waals surface area contributed by atoms with E-state index in [2.05, 4.69) is 114 Å². The lowest BCUT2D eigenvalue weighted by Gasteiger charge is -2.51. The van der Waals surface area contributed by atoms with Gasteiger partial charge >= 0.3 is 0 Å². The highest BCUT2D eigenvalue weighted by molar-refractivity contribution is 6.74. The van der Waals surface area contributed by atoms with E-state index < -0.39 is 27.8 Å². The number of hydrogen-bond donors (Lipinski definition) is 2. The third-order valence-electron chi connectivity index (χ3n) is 13.8. The first-order chi connectivity index (χ1) is 21.5. The Labute approximate surface area is 292 Å². The lowest BCUT2D eigenvalue weighted by molar-refractivity contribution is -0.127. The molecule has 1 aromatic carbocycles. The van der Waals surface area contributed by atoms with Gasteiger partial charge in [0.15, 0.2) is 16.6 Å². The zero-order chi connectivity index (χ0) is 35.7. The predicted molar refractivity (Wildman–Crippen MR) is 203 cm³/mol. The number of hydrogen-bond acceptors (Lipinski definition) is 5. The molecule has 5 atom stereocenters. The zero-order valence-electron chi connectivity index (χ0n) is 33.1. The standard InChI is InChI=1S/C40H74O5Si2/c1-15-39(41,16-2)24-18-26-43-30(3)34-21-22-35-38(34,10)23-17-25-40(35,42)33-20-19-31(28-44-46(11,12)36(4,5)6)32(27-33)29-45-47(13,14)37(7,8)9/h19-20,27,30,34-35,41-42H,15-18,21-26,28-29H2,1-14H3/t30-,34-,35-,38-,40?/m1/s1. The first-order valence-corrected chi connectivity index (χ1v) is 24.7. The zero-order valence-corrected chi connectivity index (χ0v) is 35.1. The second-order valence-electron chi connectivity index (χ2n) is 18.7. The van der Waals surface area contributed by atoms with Crippen molar-refractivity contribution in [1.29, 1.82) is 0 Å². The fraction of sp³-hybridized carbons (Fsp3) is 0.850. The normalized spacial score (nSPS) is 26.8. The summed E-state index contributed by atoms with van der Waals surface area (Å²) in [5.41, 5.74) is 1.97. The van der Waals surface area contributed by atoms with E-state index in [-0.39, 0.29) is 27.5 Å². The molecule has 0 bridgehead atoms. The summed E-state index contributed by atoms with van der Waals surface area (Å²) in [4.78, 5) is 0. The summed E-state index contributed by atoms with van der Waals surface area (Å²) in [6, 6.07) is 6.70. The third kappa shape index (κ3) is 9.04. The van der Waals surface area contributed by atoms with Crippen LogP contribution in [-0.2, 0) is 32.4 Å². The minimum Gasteiger partial charge on any atom is -0.413 e. The number of benzene rings is 1. The molecule has 2 saturated carbocycles. The van der Waals surface area contributed by atoms with Crippen LogP contribution >= 0.6 is 0 Å². The maximum Gasteiger partial charge on any atom is 0.192 e. The van der Waals surface area contributed by atoms with Crippen molar-refractivity contribution < 1.29 is 23.8 Å². The van der Waals surface area contributed by atoms with E-state index in [0.29, 0.717) is 25.7 Å². The van der Waals surface area contributed by atoms with Gasteiger partial charge in [-0.25, -0.2) is 0 Å². The molecule has 2 aliphatic carbocycles. The van der Waals surface area contributed by atoms with Gasteiger partial charge in [-0.15, -0.1) is 0 Å². The van der Waals surface area contributed by atoms with Gasteiger partial charge in [0.05, 0.1) is 30.5 Å². The number of fused-ring (bicyclic) bond motifs is 1. The van der Waals surface area contributed by atoms with Gasteiger partial charge < -0.3 is 23.8 Å². The van der Waals surface area contributed by atoms with Gasteiger partial charge in [-0.3, -0.25) is 0 Å². The summed E-state index contributed by atoms with van der Waals surface area (Å²) in [5.74, 6) is 0.600. The van der Waals surface area contributed by atoms with Crippen molar-refractivity contribution in [2.75, 3.05) is 6.61 Å². The van der Waals surface area contributed by atoms with Crippen LogP contribution in [0.25, 0.3) is 0 Å². The van der Waals surface area contributed by atoms with Crippen LogP contribution in [0.2, 0.25) is 36.3 Å². The summed E-state index contributed by atoms with van der Waals surface area (Å²) in [5, 5.41) is 23.7. The Morgan fingerprint density at radius 3 is 1.96 bits per heavy atom. The van der Waals surface area contributed by atoms with Crippen LogP contribution in [0.3, 0.4) is 0 Å². The average Bonchev–Trinajstić information content (AvgIpc) is 3.34. The number of rotatable bonds is 15. The van der Waals surface area contributed by atoms with Crippen molar-refractivity contribution in [1.82, 2.24) is 0 Å². The molecule has 7 heteroatoms. The van der Waals surface area contributed by atoms with Crippen molar-refractivity contribution in [3.8, 4) is 0 Å². The second kappa shape index (κ2) is 15.0. The molecule has 0 amide bonds. The second-order valence-corrected chi connectivity index (χ2v) is 28.3. The van der Waals surface area contributed by atoms with E-state index in [1.165, 1.54) is 5.56 Å². The Morgan fingerprint density at radius 2 is 1.43 bits per heavy atom. The highest BCUT2D eigenvalue weighted by Gasteiger charge is 2.59. The Kier molecular flexibility index (Phi) is 13.0. The van der Waals surface area contributed by atoms with Gasteiger partial charge in [-0.05, 0) is 135 Å². The maximum absolute atomic E-state index is 12.7. The van der Waals surface area contributed by atoms with Crippen molar-refractivity contribution in [2.45, 2.75) is 194 Å². The Balaban J connectivity index is 1.87. The van der Waals surface area contributed by atoms with Crippen molar-refractivity contribution in [3.05, 3.63) is 34.9 Å². The smallest absolute Gasteiger partial charge is 0.192 e. The van der Waals surface area contributed by atoms with Gasteiger partial charge in [-0.2, -0.15) is 0 Å². The summed E-state index contributed by atoms with van der Waals surface area (Å²) in [6.45, 7) is 33.6. The lowest BCUT2D eigenvalue weighted by Crippen LogP contribution is -2.49. The molecule has 0 spiro atoms. The Hall–Kier alpha value is -0.546. The number of aliphatic hydroxyl groups is 2. The van der Waals surface area contributed by atoms with Crippen molar-refractivity contribution in [3.63, 3.8) is 0 Å². The summed E-state index contributed by atoms with van der Waals surface area (Å²) in [7, 11) is -3.92. The molecule has 2 aliphatic rings. The van der Waals surface area contributed by atoms with Gasteiger partial charge in [0.1, 0.15) is 0 Å². The van der Waals surface area contributed by atoms with Crippen LogP contribution < -0.4 is 0 Å². The van der Waals surface area contributed by atoms with E-state index in [9.17, 15) is 10.2 Å². The third-order valence-corrected chi connectivity index (χ3v) is 22.8. The largest absolute Gasteiger partial charge is 0.413 e. The van der Waals surface area contributed by atoms with Crippen LogP contribution in [0.1, 0.15) is 144 Å². The molecule has 0 aliphatic heterocycles. The molecule has 0 heterocycles. The van der Waals surface area contributed by atoms with Gasteiger partial charge in [0.25, 0.3) is 0 Å². The molecule has 3 rings (SSSR count). The molecule has 1 unspecified atom stereocenters. The van der Waals surface area contributed by atoms with Crippen LogP contribution in [0.4, 0.5) is 0 Å². The lowest BCUT2D eigenvalue weighted by atomic mass is 9.57. The maximum atomic E-state index is 12.7. The van der Waals surface area contributed by atoms with Crippen LogP contribution in [0.15, 0.2) is 18.2 Å². The highest BCUT2D eigenvalue weighted by Crippen LogP contribution is 2.62. The summed E-state index contributed by atoms with van der Waals surface area (Å²) in [6.07, 6.45) is 8.41. The van der Waals surface area contributed by atoms with Gasteiger partial charge in [0.2, 0.25) is 0 Å². The molecule has 47 heavy (non-hydrogen) atoms. The van der Waals surface area contributed by atoms with Gasteiger partial charge in [-0.1, -0.05) is 80.5 Å². The molecule has 0 aromatic heterocycles. The molecule has 272 valence electrons. The molecule has 0 saturated heterocycles. The Morgan fingerprint density at radius 1 is 0.872 bits per heavy atom. The molecule has 5 nitrogen and oxygen atoms in total. The molecule has 2 N–H and O–H groups in total. The molecule has 1 aromatic rings. The summed E-state index contributed by atoms with van der Waals surface area (Å²) >= 11 is 0. The van der Waals surface area contributed by atoms with Crippen molar-refractivity contribution >= 4 is 16.6 Å². The van der Waals surface area contributed by atoms with E-state index in [1.54, 1.807) is 0 Å². The highest BCUT2D eigenvalue weighted by atomic mass is 28.4. The van der Waals surface area contributed by atoms with Crippen LogP contribution in [0.5, 0.6) is 0 Å². The summed E-state index contributed by atoms with van der Waals surface area (Å²) < 4.78 is 20.0. The minimum atomic E-state index is -1.98. The number of ether oxygens (including phenoxy) is 1. The van der Waals surface area contributed by atoms with E-state index in [4.69, 9.17) is 13.6 Å². The van der Waals surface area contributed by atoms with Crippen LogP contribution in [-0.4, -0.2) is 45.2 Å².